The summed E-state index contributed by atoms with van der Waals surface area (Å²) in [4.78, 5) is 37.1. The van der Waals surface area contributed by atoms with E-state index >= 15 is 0 Å². The number of nitrogens with one attached hydrogen (secondary N) is 1. The summed E-state index contributed by atoms with van der Waals surface area (Å²) < 4.78 is 5.92. The summed E-state index contributed by atoms with van der Waals surface area (Å²) in [6.07, 6.45) is 0. The molecule has 3 rings (SSSR count). The van der Waals surface area contributed by atoms with Gasteiger partial charge >= 0.3 is 5.97 Å². The third-order valence-corrected chi connectivity index (χ3v) is 4.08. The van der Waals surface area contributed by atoms with Crippen molar-refractivity contribution < 1.29 is 14.3 Å². The molecule has 0 fully saturated rings. The number of aryl methyl sites for hydroxylation is 2. The van der Waals surface area contributed by atoms with Crippen molar-refractivity contribution >= 4 is 28.3 Å². The minimum Gasteiger partial charge on any atom is -0.465 e. The Labute approximate surface area is 149 Å². The maximum atomic E-state index is 12.8. The van der Waals surface area contributed by atoms with Crippen molar-refractivity contribution in [3.63, 3.8) is 0 Å². The molecule has 26 heavy (non-hydrogen) atoms. The number of aromatic nitrogens is 2. The number of fused-ring (bicyclic) bond motifs is 1. The predicted octanol–water partition coefficient (Wildman–Crippen LogP) is 2.28. The average molecular weight is 351 g/mol. The molecule has 1 heterocycles. The summed E-state index contributed by atoms with van der Waals surface area (Å²) in [5.41, 5.74) is 1.08. The van der Waals surface area contributed by atoms with Crippen LogP contribution in [0.1, 0.15) is 26.4 Å². The highest BCUT2D eigenvalue weighted by Crippen LogP contribution is 2.22. The number of ether oxygens (including phenoxy) is 1. The zero-order valence-corrected chi connectivity index (χ0v) is 14.6. The topological polar surface area (TPSA) is 90.3 Å². The predicted molar refractivity (Wildman–Crippen MR) is 97.5 cm³/mol. The average Bonchev–Trinajstić information content (AvgIpc) is 2.64. The number of rotatable bonds is 3. The van der Waals surface area contributed by atoms with E-state index in [9.17, 15) is 14.4 Å². The lowest BCUT2D eigenvalue weighted by atomic mass is 10.1. The van der Waals surface area contributed by atoms with Crippen molar-refractivity contribution in [3.8, 4) is 0 Å². The summed E-state index contributed by atoms with van der Waals surface area (Å²) >= 11 is 0. The molecule has 0 bridgehead atoms. The van der Waals surface area contributed by atoms with Gasteiger partial charge in [0.2, 0.25) is 0 Å². The number of methoxy groups -OCH3 is 1. The lowest BCUT2D eigenvalue weighted by Gasteiger charge is -2.13. The first kappa shape index (κ1) is 17.3. The van der Waals surface area contributed by atoms with E-state index < -0.39 is 11.9 Å². The molecule has 1 N–H and O–H groups in total. The van der Waals surface area contributed by atoms with E-state index in [-0.39, 0.29) is 16.8 Å². The Morgan fingerprint density at radius 2 is 1.77 bits per heavy atom. The van der Waals surface area contributed by atoms with Crippen LogP contribution in [0.4, 0.5) is 5.69 Å². The minimum absolute atomic E-state index is 0.0972. The Kier molecular flexibility index (Phi) is 4.53. The number of hydrogen-bond donors (Lipinski definition) is 1. The monoisotopic (exact) mass is 351 g/mol. The van der Waals surface area contributed by atoms with Crippen LogP contribution in [0, 0.1) is 6.92 Å². The van der Waals surface area contributed by atoms with E-state index in [2.05, 4.69) is 10.4 Å². The summed E-state index contributed by atoms with van der Waals surface area (Å²) in [6.45, 7) is 1.75. The molecule has 0 atom stereocenters. The number of esters is 1. The molecule has 0 aliphatic carbocycles. The second kappa shape index (κ2) is 6.79. The lowest BCUT2D eigenvalue weighted by Crippen LogP contribution is -2.26. The molecule has 7 heteroatoms. The van der Waals surface area contributed by atoms with E-state index in [1.807, 2.05) is 0 Å². The molecule has 3 aromatic rings. The standard InChI is InChI=1S/C19H17N3O4/c1-11-7-6-10-14(15(11)19(25)26-3)20-17(23)16-12-8-4-5-9-13(12)18(24)22(2)21-16/h4-10H,1-3H3,(H,20,23). The van der Waals surface area contributed by atoms with Gasteiger partial charge in [0.1, 0.15) is 0 Å². The van der Waals surface area contributed by atoms with Gasteiger partial charge in [0.25, 0.3) is 11.5 Å². The molecule has 7 nitrogen and oxygen atoms in total. The number of anilines is 1. The molecule has 0 saturated carbocycles. The number of amides is 1. The smallest absolute Gasteiger partial charge is 0.340 e. The van der Waals surface area contributed by atoms with E-state index in [1.54, 1.807) is 49.4 Å². The van der Waals surface area contributed by atoms with Crippen molar-refractivity contribution in [1.82, 2.24) is 9.78 Å². The first-order valence-electron chi connectivity index (χ1n) is 7.89. The third kappa shape index (κ3) is 2.95. The molecule has 0 unspecified atom stereocenters. The molecule has 0 radical (unpaired) electrons. The van der Waals surface area contributed by atoms with Gasteiger partial charge in [-0.05, 0) is 24.6 Å². The SMILES string of the molecule is COC(=O)c1c(C)cccc1NC(=O)c1nn(C)c(=O)c2ccccc12. The summed E-state index contributed by atoms with van der Waals surface area (Å²) in [7, 11) is 2.76. The van der Waals surface area contributed by atoms with Crippen LogP contribution in [0.25, 0.3) is 10.8 Å². The largest absolute Gasteiger partial charge is 0.465 e. The molecular weight excluding hydrogens is 334 g/mol. The van der Waals surface area contributed by atoms with Crippen molar-refractivity contribution in [2.45, 2.75) is 6.92 Å². The molecular formula is C19H17N3O4. The summed E-state index contributed by atoms with van der Waals surface area (Å²) in [5, 5.41) is 7.63. The second-order valence-corrected chi connectivity index (χ2v) is 5.77. The van der Waals surface area contributed by atoms with Gasteiger partial charge in [-0.2, -0.15) is 5.10 Å². The van der Waals surface area contributed by atoms with Gasteiger partial charge in [-0.15, -0.1) is 0 Å². The van der Waals surface area contributed by atoms with Gasteiger partial charge < -0.3 is 10.1 Å². The maximum Gasteiger partial charge on any atom is 0.340 e. The van der Waals surface area contributed by atoms with Gasteiger partial charge in [0, 0.05) is 12.4 Å². The van der Waals surface area contributed by atoms with Crippen LogP contribution < -0.4 is 10.9 Å². The molecule has 0 saturated heterocycles. The fraction of sp³-hybridized carbons (Fsp3) is 0.158. The molecule has 0 spiro atoms. The Morgan fingerprint density at radius 3 is 2.46 bits per heavy atom. The number of hydrogen-bond acceptors (Lipinski definition) is 5. The van der Waals surface area contributed by atoms with Crippen LogP contribution in [0.15, 0.2) is 47.3 Å². The van der Waals surface area contributed by atoms with Crippen molar-refractivity contribution in [2.75, 3.05) is 12.4 Å². The number of carbonyl (C=O) groups is 2. The fourth-order valence-corrected chi connectivity index (χ4v) is 2.79. The number of nitrogens with zero attached hydrogens (tertiary/aromatic N) is 2. The molecule has 132 valence electrons. The van der Waals surface area contributed by atoms with Gasteiger partial charge in [0.15, 0.2) is 5.69 Å². The van der Waals surface area contributed by atoms with Crippen LogP contribution >= 0.6 is 0 Å². The van der Waals surface area contributed by atoms with Crippen LogP contribution in [0.2, 0.25) is 0 Å². The van der Waals surface area contributed by atoms with E-state index in [0.29, 0.717) is 22.0 Å². The normalized spacial score (nSPS) is 10.6. The first-order valence-corrected chi connectivity index (χ1v) is 7.89. The molecule has 0 aliphatic rings. The zero-order valence-electron chi connectivity index (χ0n) is 14.6. The maximum absolute atomic E-state index is 12.8. The van der Waals surface area contributed by atoms with Crippen LogP contribution in [-0.2, 0) is 11.8 Å². The molecule has 0 aliphatic heterocycles. The molecule has 1 amide bonds. The first-order chi connectivity index (χ1) is 12.4. The molecule has 2 aromatic carbocycles. The third-order valence-electron chi connectivity index (χ3n) is 4.08. The number of carbonyl (C=O) groups excluding carboxylic acids is 2. The lowest BCUT2D eigenvalue weighted by molar-refractivity contribution is 0.0601. The molecule has 1 aromatic heterocycles. The Bertz CT molecular complexity index is 1090. The van der Waals surface area contributed by atoms with E-state index in [0.717, 1.165) is 4.68 Å². The van der Waals surface area contributed by atoms with Crippen LogP contribution in [0.5, 0.6) is 0 Å². The quantitative estimate of drug-likeness (QED) is 0.731. The highest BCUT2D eigenvalue weighted by atomic mass is 16.5. The Hall–Kier alpha value is -3.48. The number of benzene rings is 2. The Morgan fingerprint density at radius 1 is 1.08 bits per heavy atom. The Balaban J connectivity index is 2.10. The van der Waals surface area contributed by atoms with Gasteiger partial charge in [0.05, 0.1) is 23.7 Å². The fourth-order valence-electron chi connectivity index (χ4n) is 2.79. The van der Waals surface area contributed by atoms with Gasteiger partial charge in [-0.1, -0.05) is 30.3 Å². The van der Waals surface area contributed by atoms with Crippen LogP contribution in [0.3, 0.4) is 0 Å². The van der Waals surface area contributed by atoms with Crippen molar-refractivity contribution in [1.29, 1.82) is 0 Å². The zero-order chi connectivity index (χ0) is 18.8. The second-order valence-electron chi connectivity index (χ2n) is 5.77. The van der Waals surface area contributed by atoms with Crippen molar-refractivity contribution in [2.24, 2.45) is 7.05 Å². The van der Waals surface area contributed by atoms with Crippen molar-refractivity contribution in [3.05, 3.63) is 69.6 Å². The minimum atomic E-state index is -0.545. The van der Waals surface area contributed by atoms with Gasteiger partial charge in [-0.3, -0.25) is 9.59 Å². The summed E-state index contributed by atoms with van der Waals surface area (Å²) in [5.74, 6) is -1.07. The summed E-state index contributed by atoms with van der Waals surface area (Å²) in [6, 6.07) is 11.8. The van der Waals surface area contributed by atoms with Crippen LogP contribution in [-0.4, -0.2) is 28.8 Å². The van der Waals surface area contributed by atoms with E-state index in [1.165, 1.54) is 14.2 Å². The van der Waals surface area contributed by atoms with Gasteiger partial charge in [-0.25, -0.2) is 9.48 Å². The van der Waals surface area contributed by atoms with E-state index in [4.69, 9.17) is 4.74 Å². The highest BCUT2D eigenvalue weighted by Gasteiger charge is 2.20. The highest BCUT2D eigenvalue weighted by molar-refractivity contribution is 6.13.